The highest BCUT2D eigenvalue weighted by Gasteiger charge is 2.63. The van der Waals surface area contributed by atoms with E-state index >= 15 is 0 Å². The van der Waals surface area contributed by atoms with Crippen LogP contribution < -0.4 is 0 Å². The van der Waals surface area contributed by atoms with Gasteiger partial charge < -0.3 is 5.11 Å². The smallest absolute Gasteiger partial charge is 0.0952 e. The average molecular weight is 353 g/mol. The zero-order valence-electron chi connectivity index (χ0n) is 16.7. The Labute approximate surface area is 159 Å². The third-order valence-corrected chi connectivity index (χ3v) is 9.62. The lowest BCUT2D eigenvalue weighted by atomic mass is 9.48. The average Bonchev–Trinajstić information content (AvgIpc) is 2.94. The first-order valence-corrected chi connectivity index (χ1v) is 11.3. The van der Waals surface area contributed by atoms with Crippen molar-refractivity contribution in [3.05, 3.63) is 35.9 Å². The molecule has 0 aliphatic heterocycles. The van der Waals surface area contributed by atoms with E-state index in [0.717, 1.165) is 41.9 Å². The molecule has 0 spiro atoms. The summed E-state index contributed by atoms with van der Waals surface area (Å²) in [5.41, 5.74) is 0.634. The summed E-state index contributed by atoms with van der Waals surface area (Å²) < 4.78 is 0. The van der Waals surface area contributed by atoms with E-state index in [2.05, 4.69) is 44.2 Å². The monoisotopic (exact) mass is 352 g/mol. The van der Waals surface area contributed by atoms with E-state index in [-0.39, 0.29) is 5.41 Å². The molecule has 8 atom stereocenters. The fourth-order valence-electron chi connectivity index (χ4n) is 8.29. The fourth-order valence-corrected chi connectivity index (χ4v) is 8.29. The van der Waals surface area contributed by atoms with Gasteiger partial charge in [-0.1, -0.05) is 50.6 Å². The van der Waals surface area contributed by atoms with Gasteiger partial charge in [-0.15, -0.1) is 0 Å². The number of hydrogen-bond donors (Lipinski definition) is 1. The van der Waals surface area contributed by atoms with E-state index in [4.69, 9.17) is 0 Å². The third kappa shape index (κ3) is 2.32. The predicted molar refractivity (Wildman–Crippen MR) is 107 cm³/mol. The lowest BCUT2D eigenvalue weighted by Gasteiger charge is -2.57. The molecule has 26 heavy (non-hydrogen) atoms. The van der Waals surface area contributed by atoms with Crippen molar-refractivity contribution in [2.45, 2.75) is 77.2 Å². The van der Waals surface area contributed by atoms with Gasteiger partial charge >= 0.3 is 0 Å². The standard InChI is InChI=1S/C25H36O/c1-17-8-10-20-18(16-17)9-11-22-21(20)12-14-24(2)23(22)13-15-25(24,26)19-6-4-3-5-7-19/h3-7,17-18,20-23,26H,8-16H2,1-2H3. The van der Waals surface area contributed by atoms with Gasteiger partial charge in [0.15, 0.2) is 0 Å². The molecule has 0 heterocycles. The van der Waals surface area contributed by atoms with Gasteiger partial charge in [0.2, 0.25) is 0 Å². The SMILES string of the molecule is CC1CCC2C(CCC3C2CCC2(C)C3CCC2(O)c2ccccc2)C1. The highest BCUT2D eigenvalue weighted by atomic mass is 16.3. The number of rotatable bonds is 1. The number of aliphatic hydroxyl groups is 1. The summed E-state index contributed by atoms with van der Waals surface area (Å²) in [6.45, 7) is 4.90. The summed E-state index contributed by atoms with van der Waals surface area (Å²) in [6, 6.07) is 10.6. The summed E-state index contributed by atoms with van der Waals surface area (Å²) in [4.78, 5) is 0. The van der Waals surface area contributed by atoms with Gasteiger partial charge in [0, 0.05) is 5.41 Å². The first-order chi connectivity index (χ1) is 12.5. The Kier molecular flexibility index (Phi) is 4.05. The maximum absolute atomic E-state index is 11.9. The summed E-state index contributed by atoms with van der Waals surface area (Å²) in [5.74, 6) is 5.53. The first-order valence-electron chi connectivity index (χ1n) is 11.3. The largest absolute Gasteiger partial charge is 0.385 e. The molecule has 1 nitrogen and oxygen atoms in total. The molecule has 4 fully saturated rings. The normalized spacial score (nSPS) is 50.6. The summed E-state index contributed by atoms with van der Waals surface area (Å²) in [7, 11) is 0. The van der Waals surface area contributed by atoms with Crippen LogP contribution in [0.25, 0.3) is 0 Å². The fraction of sp³-hybridized carbons (Fsp3) is 0.760. The third-order valence-electron chi connectivity index (χ3n) is 9.62. The second kappa shape index (κ2) is 6.09. The predicted octanol–water partition coefficient (Wildman–Crippen LogP) is 6.16. The van der Waals surface area contributed by atoms with Gasteiger partial charge in [0.25, 0.3) is 0 Å². The summed E-state index contributed by atoms with van der Waals surface area (Å²) in [5, 5.41) is 11.9. The molecule has 1 N–H and O–H groups in total. The second-order valence-corrected chi connectivity index (χ2v) is 10.6. The first kappa shape index (κ1) is 17.3. The number of fused-ring (bicyclic) bond motifs is 5. The molecule has 4 aliphatic rings. The summed E-state index contributed by atoms with van der Waals surface area (Å²) in [6.07, 6.45) is 12.1. The zero-order valence-corrected chi connectivity index (χ0v) is 16.7. The Balaban J connectivity index is 1.44. The molecule has 0 saturated heterocycles. The lowest BCUT2D eigenvalue weighted by Crippen LogP contribution is -2.52. The van der Waals surface area contributed by atoms with Gasteiger partial charge in [-0.25, -0.2) is 0 Å². The van der Waals surface area contributed by atoms with Gasteiger partial charge in [0.05, 0.1) is 5.60 Å². The van der Waals surface area contributed by atoms with E-state index < -0.39 is 5.60 Å². The van der Waals surface area contributed by atoms with Crippen molar-refractivity contribution in [2.24, 2.45) is 40.9 Å². The maximum atomic E-state index is 11.9. The van der Waals surface area contributed by atoms with Gasteiger partial charge in [-0.2, -0.15) is 0 Å². The van der Waals surface area contributed by atoms with E-state index in [9.17, 15) is 5.11 Å². The highest BCUT2D eigenvalue weighted by Crippen LogP contribution is 2.67. The van der Waals surface area contributed by atoms with Crippen LogP contribution in [0.5, 0.6) is 0 Å². The maximum Gasteiger partial charge on any atom is 0.0952 e. The molecule has 4 aliphatic carbocycles. The molecule has 142 valence electrons. The molecule has 5 rings (SSSR count). The van der Waals surface area contributed by atoms with Crippen molar-refractivity contribution in [3.8, 4) is 0 Å². The molecular formula is C25H36O. The van der Waals surface area contributed by atoms with Crippen LogP contribution >= 0.6 is 0 Å². The highest BCUT2D eigenvalue weighted by molar-refractivity contribution is 5.29. The summed E-state index contributed by atoms with van der Waals surface area (Å²) >= 11 is 0. The molecule has 0 bridgehead atoms. The van der Waals surface area contributed by atoms with Crippen molar-refractivity contribution in [3.63, 3.8) is 0 Å². The van der Waals surface area contributed by atoms with Crippen LogP contribution in [0.15, 0.2) is 30.3 Å². The van der Waals surface area contributed by atoms with Crippen molar-refractivity contribution >= 4 is 0 Å². The van der Waals surface area contributed by atoms with Crippen molar-refractivity contribution in [1.82, 2.24) is 0 Å². The van der Waals surface area contributed by atoms with Gasteiger partial charge in [-0.3, -0.25) is 0 Å². The van der Waals surface area contributed by atoms with Crippen LogP contribution in [0.1, 0.15) is 77.2 Å². The molecule has 1 aromatic rings. The Bertz CT molecular complexity index is 653. The molecule has 0 amide bonds. The van der Waals surface area contributed by atoms with Crippen LogP contribution in [0.3, 0.4) is 0 Å². The van der Waals surface area contributed by atoms with Crippen LogP contribution in [0.4, 0.5) is 0 Å². The molecule has 0 aromatic heterocycles. The van der Waals surface area contributed by atoms with Crippen LogP contribution in [0, 0.1) is 40.9 Å². The Morgan fingerprint density at radius 3 is 2.42 bits per heavy atom. The van der Waals surface area contributed by atoms with Gasteiger partial charge in [0.1, 0.15) is 0 Å². The minimum atomic E-state index is -0.609. The molecule has 8 unspecified atom stereocenters. The van der Waals surface area contributed by atoms with Crippen LogP contribution in [-0.4, -0.2) is 5.11 Å². The molecule has 1 heteroatoms. The van der Waals surface area contributed by atoms with E-state index in [1.165, 1.54) is 56.9 Å². The van der Waals surface area contributed by atoms with Gasteiger partial charge in [-0.05, 0) is 92.4 Å². The second-order valence-electron chi connectivity index (χ2n) is 10.6. The minimum absolute atomic E-state index is 0.0737. The van der Waals surface area contributed by atoms with Crippen molar-refractivity contribution in [2.75, 3.05) is 0 Å². The molecule has 4 saturated carbocycles. The Hall–Kier alpha value is -0.820. The zero-order chi connectivity index (χ0) is 17.9. The quantitative estimate of drug-likeness (QED) is 0.641. The van der Waals surface area contributed by atoms with E-state index in [1.807, 2.05) is 0 Å². The lowest BCUT2D eigenvalue weighted by molar-refractivity contribution is -0.135. The van der Waals surface area contributed by atoms with Crippen molar-refractivity contribution < 1.29 is 5.11 Å². The Morgan fingerprint density at radius 2 is 1.62 bits per heavy atom. The molecular weight excluding hydrogens is 316 g/mol. The topological polar surface area (TPSA) is 20.2 Å². The van der Waals surface area contributed by atoms with Crippen molar-refractivity contribution in [1.29, 1.82) is 0 Å². The van der Waals surface area contributed by atoms with Crippen LogP contribution in [-0.2, 0) is 5.60 Å². The van der Waals surface area contributed by atoms with Crippen LogP contribution in [0.2, 0.25) is 0 Å². The minimum Gasteiger partial charge on any atom is -0.385 e. The van der Waals surface area contributed by atoms with E-state index in [0.29, 0.717) is 0 Å². The molecule has 1 aromatic carbocycles. The Morgan fingerprint density at radius 1 is 0.846 bits per heavy atom. The molecule has 0 radical (unpaired) electrons. The number of hydrogen-bond acceptors (Lipinski definition) is 1. The number of benzene rings is 1. The van der Waals surface area contributed by atoms with E-state index in [1.54, 1.807) is 0 Å².